The van der Waals surface area contributed by atoms with Crippen LogP contribution in [0.2, 0.25) is 0 Å². The molecule has 10 heteroatoms. The molecule has 3 aromatic heterocycles. The molecule has 3 heterocycles. The zero-order valence-corrected chi connectivity index (χ0v) is 12.2. The van der Waals surface area contributed by atoms with Crippen LogP contribution in [0.4, 0.5) is 5.95 Å². The summed E-state index contributed by atoms with van der Waals surface area (Å²) < 4.78 is 3.46. The second-order valence-electron chi connectivity index (χ2n) is 4.21. The highest BCUT2D eigenvalue weighted by atomic mass is 32.2. The lowest BCUT2D eigenvalue weighted by Crippen LogP contribution is -2.13. The molecule has 9 nitrogen and oxygen atoms in total. The monoisotopic (exact) mass is 303 g/mol. The normalized spacial score (nSPS) is 10.8. The van der Waals surface area contributed by atoms with Crippen LogP contribution in [0, 0.1) is 6.92 Å². The summed E-state index contributed by atoms with van der Waals surface area (Å²) in [5, 5.41) is 5.74. The topological polar surface area (TPSA) is 112 Å². The Morgan fingerprint density at radius 3 is 2.76 bits per heavy atom. The third-order valence-electron chi connectivity index (χ3n) is 2.62. The van der Waals surface area contributed by atoms with Gasteiger partial charge in [-0.15, -0.1) is 0 Å². The summed E-state index contributed by atoms with van der Waals surface area (Å²) in [7, 11) is 1.87. The third-order valence-corrected chi connectivity index (χ3v) is 3.58. The summed E-state index contributed by atoms with van der Waals surface area (Å²) >= 11 is 1.38. The second kappa shape index (κ2) is 5.50. The molecule has 0 bridgehead atoms. The zero-order valence-electron chi connectivity index (χ0n) is 11.4. The Morgan fingerprint density at radius 2 is 2.14 bits per heavy atom. The maximum atomic E-state index is 5.41. The van der Waals surface area contributed by atoms with E-state index >= 15 is 0 Å². The largest absolute Gasteiger partial charge is 0.292 e. The molecule has 0 aromatic carbocycles. The van der Waals surface area contributed by atoms with Crippen LogP contribution >= 0.6 is 11.8 Å². The number of hydrogen-bond acceptors (Lipinski definition) is 8. The molecular formula is C11H13N9S. The standard InChI is InChI=1S/C11H13N9S/c1-7-5-8(19(2)18-7)21-11-15-9(17-12)14-10(16-11)20-4-3-13-6-20/h3-6H,12H2,1-2H3,(H,14,15,16,17). The lowest BCUT2D eigenvalue weighted by molar-refractivity contribution is 0.690. The van der Waals surface area contributed by atoms with E-state index in [1.54, 1.807) is 28.0 Å². The number of imidazole rings is 1. The van der Waals surface area contributed by atoms with Gasteiger partial charge in [-0.3, -0.25) is 14.7 Å². The summed E-state index contributed by atoms with van der Waals surface area (Å²) in [6.07, 6.45) is 5.01. The van der Waals surface area contributed by atoms with Gasteiger partial charge in [0.1, 0.15) is 11.4 Å². The van der Waals surface area contributed by atoms with Gasteiger partial charge in [0, 0.05) is 19.4 Å². The molecule has 0 saturated carbocycles. The van der Waals surface area contributed by atoms with Crippen molar-refractivity contribution in [2.75, 3.05) is 5.43 Å². The van der Waals surface area contributed by atoms with Gasteiger partial charge >= 0.3 is 0 Å². The highest BCUT2D eigenvalue weighted by Crippen LogP contribution is 2.25. The molecule has 0 amide bonds. The van der Waals surface area contributed by atoms with E-state index in [1.165, 1.54) is 11.8 Å². The summed E-state index contributed by atoms with van der Waals surface area (Å²) in [6, 6.07) is 1.96. The van der Waals surface area contributed by atoms with Crippen LogP contribution in [0.1, 0.15) is 5.69 Å². The van der Waals surface area contributed by atoms with E-state index in [2.05, 4.69) is 30.5 Å². The fourth-order valence-electron chi connectivity index (χ4n) is 1.72. The third kappa shape index (κ3) is 2.85. The summed E-state index contributed by atoms with van der Waals surface area (Å²) in [5.74, 6) is 6.14. The van der Waals surface area contributed by atoms with Gasteiger partial charge in [0.05, 0.1) is 5.69 Å². The Labute approximate surface area is 124 Å². The summed E-state index contributed by atoms with van der Waals surface area (Å²) in [6.45, 7) is 1.93. The van der Waals surface area contributed by atoms with E-state index in [-0.39, 0.29) is 5.95 Å². The first-order chi connectivity index (χ1) is 10.2. The van der Waals surface area contributed by atoms with Crippen LogP contribution in [0.3, 0.4) is 0 Å². The van der Waals surface area contributed by atoms with E-state index in [9.17, 15) is 0 Å². The fourth-order valence-corrected chi connectivity index (χ4v) is 2.57. The van der Waals surface area contributed by atoms with Gasteiger partial charge < -0.3 is 0 Å². The molecule has 0 atom stereocenters. The van der Waals surface area contributed by atoms with Crippen molar-refractivity contribution in [2.24, 2.45) is 12.9 Å². The van der Waals surface area contributed by atoms with Crippen molar-refractivity contribution in [2.45, 2.75) is 17.1 Å². The maximum Gasteiger partial charge on any atom is 0.242 e. The minimum atomic E-state index is 0.287. The lowest BCUT2D eigenvalue weighted by atomic mass is 10.5. The van der Waals surface area contributed by atoms with E-state index in [0.717, 1.165) is 10.7 Å². The number of nitrogens with zero attached hydrogens (tertiary/aromatic N) is 7. The van der Waals surface area contributed by atoms with Crippen molar-refractivity contribution in [3.63, 3.8) is 0 Å². The summed E-state index contributed by atoms with van der Waals surface area (Å²) in [5.41, 5.74) is 3.38. The molecule has 0 aliphatic carbocycles. The van der Waals surface area contributed by atoms with Gasteiger partial charge in [0.25, 0.3) is 0 Å². The number of nitrogens with one attached hydrogen (secondary N) is 1. The smallest absolute Gasteiger partial charge is 0.242 e. The Bertz CT molecular complexity index is 749. The molecule has 0 spiro atoms. The highest BCUT2D eigenvalue weighted by molar-refractivity contribution is 7.99. The van der Waals surface area contributed by atoms with Gasteiger partial charge in [-0.05, 0) is 24.8 Å². The molecule has 0 aliphatic rings. The predicted octanol–water partition coefficient (Wildman–Crippen LogP) is 0.536. The average molecular weight is 303 g/mol. The number of hydrazine groups is 1. The van der Waals surface area contributed by atoms with E-state index < -0.39 is 0 Å². The van der Waals surface area contributed by atoms with Crippen LogP contribution < -0.4 is 11.3 Å². The number of rotatable bonds is 4. The molecule has 0 aliphatic heterocycles. The first-order valence-electron chi connectivity index (χ1n) is 6.05. The van der Waals surface area contributed by atoms with Crippen LogP contribution in [0.25, 0.3) is 5.95 Å². The van der Waals surface area contributed by atoms with Gasteiger partial charge in [0.2, 0.25) is 17.1 Å². The van der Waals surface area contributed by atoms with Gasteiger partial charge in [-0.25, -0.2) is 10.8 Å². The Hall–Kier alpha value is -2.46. The molecule has 3 rings (SSSR count). The molecule has 108 valence electrons. The van der Waals surface area contributed by atoms with Gasteiger partial charge in [-0.1, -0.05) is 0 Å². The predicted molar refractivity (Wildman–Crippen MR) is 76.8 cm³/mol. The maximum absolute atomic E-state index is 5.41. The Morgan fingerprint density at radius 1 is 1.29 bits per heavy atom. The van der Waals surface area contributed by atoms with E-state index in [0.29, 0.717) is 11.1 Å². The lowest BCUT2D eigenvalue weighted by Gasteiger charge is -2.06. The highest BCUT2D eigenvalue weighted by Gasteiger charge is 2.11. The molecule has 0 fully saturated rings. The molecule has 0 unspecified atom stereocenters. The summed E-state index contributed by atoms with van der Waals surface area (Å²) in [4.78, 5) is 16.8. The van der Waals surface area contributed by atoms with Crippen molar-refractivity contribution in [1.29, 1.82) is 0 Å². The molecule has 21 heavy (non-hydrogen) atoms. The number of nitrogens with two attached hydrogens (primary N) is 1. The molecule has 0 saturated heterocycles. The second-order valence-corrected chi connectivity index (χ2v) is 5.19. The Balaban J connectivity index is 1.98. The molecule has 3 aromatic rings. The number of anilines is 1. The van der Waals surface area contributed by atoms with Crippen LogP contribution in [-0.4, -0.2) is 34.3 Å². The van der Waals surface area contributed by atoms with E-state index in [1.807, 2.05) is 20.0 Å². The van der Waals surface area contributed by atoms with Crippen LogP contribution in [-0.2, 0) is 7.05 Å². The van der Waals surface area contributed by atoms with Crippen molar-refractivity contribution in [3.8, 4) is 5.95 Å². The zero-order chi connectivity index (χ0) is 14.8. The minimum absolute atomic E-state index is 0.287. The Kier molecular flexibility index (Phi) is 3.54. The van der Waals surface area contributed by atoms with Crippen molar-refractivity contribution in [1.82, 2.24) is 34.3 Å². The number of aromatic nitrogens is 7. The molecule has 3 N–H and O–H groups in total. The first-order valence-corrected chi connectivity index (χ1v) is 6.87. The fraction of sp³-hybridized carbons (Fsp3) is 0.182. The molecular weight excluding hydrogens is 290 g/mol. The number of aryl methyl sites for hydroxylation is 2. The minimum Gasteiger partial charge on any atom is -0.292 e. The van der Waals surface area contributed by atoms with Crippen molar-refractivity contribution < 1.29 is 0 Å². The SMILES string of the molecule is Cc1cc(Sc2nc(NN)nc(-n3ccnc3)n2)n(C)n1. The van der Waals surface area contributed by atoms with Crippen LogP contribution in [0.15, 0.2) is 35.0 Å². The first kappa shape index (κ1) is 13.5. The average Bonchev–Trinajstić information content (AvgIpc) is 3.09. The van der Waals surface area contributed by atoms with Gasteiger partial charge in [-0.2, -0.15) is 20.1 Å². The van der Waals surface area contributed by atoms with Crippen molar-refractivity contribution in [3.05, 3.63) is 30.5 Å². The molecule has 0 radical (unpaired) electrons. The van der Waals surface area contributed by atoms with Gasteiger partial charge in [0.15, 0.2) is 0 Å². The van der Waals surface area contributed by atoms with Crippen molar-refractivity contribution >= 4 is 17.7 Å². The number of hydrogen-bond donors (Lipinski definition) is 2. The quantitative estimate of drug-likeness (QED) is 0.530. The van der Waals surface area contributed by atoms with E-state index in [4.69, 9.17) is 5.84 Å². The number of nitrogen functional groups attached to an aromatic ring is 1. The van der Waals surface area contributed by atoms with Crippen LogP contribution in [0.5, 0.6) is 0 Å².